The van der Waals surface area contributed by atoms with Crippen LogP contribution in [0.3, 0.4) is 0 Å². The predicted octanol–water partition coefficient (Wildman–Crippen LogP) is 1.57. The molecule has 18 heavy (non-hydrogen) atoms. The number of nitrogens with zero attached hydrogens (tertiary/aromatic N) is 2. The summed E-state index contributed by atoms with van der Waals surface area (Å²) < 4.78 is 3.32. The van der Waals surface area contributed by atoms with E-state index in [9.17, 15) is 4.79 Å². The van der Waals surface area contributed by atoms with E-state index in [0.29, 0.717) is 5.92 Å². The van der Waals surface area contributed by atoms with Crippen molar-refractivity contribution in [1.29, 1.82) is 0 Å². The van der Waals surface area contributed by atoms with E-state index in [1.54, 1.807) is 6.07 Å². The molecule has 0 saturated carbocycles. The minimum absolute atomic E-state index is 0.205. The van der Waals surface area contributed by atoms with Crippen LogP contribution in [0.25, 0.3) is 0 Å². The molecule has 4 heterocycles. The molecule has 4 rings (SSSR count). The minimum atomic E-state index is 0.205. The molecular formula is C15H21N2O+. The fraction of sp³-hybridized carbons (Fsp3) is 0.667. The molecule has 96 valence electrons. The zero-order chi connectivity index (χ0) is 12.3. The van der Waals surface area contributed by atoms with Crippen LogP contribution >= 0.6 is 0 Å². The van der Waals surface area contributed by atoms with Gasteiger partial charge in [0.2, 0.25) is 0 Å². The van der Waals surface area contributed by atoms with Gasteiger partial charge >= 0.3 is 0 Å². The second kappa shape index (κ2) is 3.47. The summed E-state index contributed by atoms with van der Waals surface area (Å²) in [6.07, 6.45) is 4.04. The lowest BCUT2D eigenvalue weighted by molar-refractivity contribution is -0.932. The van der Waals surface area contributed by atoms with Crippen LogP contribution in [0.15, 0.2) is 23.0 Å². The number of hydrogen-bond acceptors (Lipinski definition) is 1. The lowest BCUT2D eigenvalue weighted by Gasteiger charge is -2.50. The molecule has 3 aliphatic rings. The van der Waals surface area contributed by atoms with Gasteiger partial charge in [0.25, 0.3) is 5.56 Å². The third-order valence-electron chi connectivity index (χ3n) is 5.66. The zero-order valence-electron chi connectivity index (χ0n) is 11.0. The maximum absolute atomic E-state index is 12.0. The van der Waals surface area contributed by atoms with Crippen LogP contribution in [0.1, 0.15) is 30.9 Å². The first-order chi connectivity index (χ1) is 8.67. The molecule has 1 aromatic rings. The Balaban J connectivity index is 1.83. The van der Waals surface area contributed by atoms with Gasteiger partial charge < -0.3 is 9.05 Å². The second-order valence-electron chi connectivity index (χ2n) is 6.69. The van der Waals surface area contributed by atoms with Gasteiger partial charge in [-0.2, -0.15) is 0 Å². The number of likely N-dealkylation sites (N-methyl/N-ethyl adjacent to an activating group) is 1. The summed E-state index contributed by atoms with van der Waals surface area (Å²) >= 11 is 0. The normalized spacial score (nSPS) is 41.3. The number of hydrogen-bond donors (Lipinski definition) is 0. The Kier molecular flexibility index (Phi) is 2.08. The van der Waals surface area contributed by atoms with Crippen molar-refractivity contribution in [3.8, 4) is 0 Å². The van der Waals surface area contributed by atoms with Crippen LogP contribution in [-0.4, -0.2) is 35.2 Å². The van der Waals surface area contributed by atoms with Crippen molar-refractivity contribution in [3.05, 3.63) is 34.2 Å². The van der Waals surface area contributed by atoms with Gasteiger partial charge in [-0.1, -0.05) is 6.07 Å². The maximum Gasteiger partial charge on any atom is 0.250 e. The van der Waals surface area contributed by atoms with Gasteiger partial charge in [-0.25, -0.2) is 0 Å². The Morgan fingerprint density at radius 1 is 1.39 bits per heavy atom. The van der Waals surface area contributed by atoms with Crippen LogP contribution in [-0.2, 0) is 6.54 Å². The zero-order valence-corrected chi connectivity index (χ0v) is 11.0. The summed E-state index contributed by atoms with van der Waals surface area (Å²) in [5, 5.41) is 0. The Hall–Kier alpha value is -1.09. The van der Waals surface area contributed by atoms with E-state index >= 15 is 0 Å². The average Bonchev–Trinajstić information content (AvgIpc) is 2.73. The molecule has 1 aromatic heterocycles. The van der Waals surface area contributed by atoms with Gasteiger partial charge in [0.05, 0.1) is 26.2 Å². The first-order valence-electron chi connectivity index (χ1n) is 7.21. The first-order valence-corrected chi connectivity index (χ1v) is 7.21. The van der Waals surface area contributed by atoms with Crippen molar-refractivity contribution >= 4 is 0 Å². The minimum Gasteiger partial charge on any atom is -0.323 e. The number of rotatable bonds is 0. The van der Waals surface area contributed by atoms with E-state index in [2.05, 4.69) is 17.7 Å². The lowest BCUT2D eigenvalue weighted by Crippen LogP contribution is -2.60. The summed E-state index contributed by atoms with van der Waals surface area (Å²) in [5.41, 5.74) is 1.50. The molecule has 1 unspecified atom stereocenters. The van der Waals surface area contributed by atoms with Crippen LogP contribution in [0.5, 0.6) is 0 Å². The number of aromatic nitrogens is 1. The van der Waals surface area contributed by atoms with Crippen molar-refractivity contribution < 1.29 is 4.48 Å². The first kappa shape index (κ1) is 10.8. The third kappa shape index (κ3) is 1.31. The molecule has 2 bridgehead atoms. The highest BCUT2D eigenvalue weighted by Gasteiger charge is 2.51. The second-order valence-corrected chi connectivity index (χ2v) is 6.69. The van der Waals surface area contributed by atoms with E-state index in [1.165, 1.54) is 42.5 Å². The molecule has 0 aliphatic carbocycles. The largest absolute Gasteiger partial charge is 0.323 e. The molecule has 2 fully saturated rings. The van der Waals surface area contributed by atoms with Crippen LogP contribution in [0.4, 0.5) is 0 Å². The monoisotopic (exact) mass is 245 g/mol. The average molecular weight is 245 g/mol. The van der Waals surface area contributed by atoms with E-state index in [1.807, 2.05) is 6.07 Å². The van der Waals surface area contributed by atoms with Gasteiger partial charge in [-0.3, -0.25) is 4.79 Å². The Bertz CT molecular complexity index is 550. The van der Waals surface area contributed by atoms with E-state index in [-0.39, 0.29) is 5.56 Å². The summed E-state index contributed by atoms with van der Waals surface area (Å²) in [7, 11) is 2.44. The van der Waals surface area contributed by atoms with E-state index in [0.717, 1.165) is 18.5 Å². The molecule has 0 N–H and O–H groups in total. The smallest absolute Gasteiger partial charge is 0.250 e. The fourth-order valence-corrected chi connectivity index (χ4v) is 4.94. The fourth-order valence-electron chi connectivity index (χ4n) is 4.94. The van der Waals surface area contributed by atoms with E-state index < -0.39 is 0 Å². The Labute approximate surface area is 108 Å². The predicted molar refractivity (Wildman–Crippen MR) is 70.5 cm³/mol. The molecule has 2 saturated heterocycles. The van der Waals surface area contributed by atoms with Crippen molar-refractivity contribution in [2.24, 2.45) is 5.92 Å². The standard InChI is InChI=1S/C15H21N2O/c1-17-7-3-5-14(17)11-8-12(10-17)13-4-2-6-15(18)16(13)9-11/h2,4,6,11-12,14H,3,5,7-10H2,1H3/q+1/t11-,12-,14-,17?/m0/s1. The van der Waals surface area contributed by atoms with Crippen LogP contribution < -0.4 is 5.56 Å². The summed E-state index contributed by atoms with van der Waals surface area (Å²) in [6, 6.07) is 6.63. The molecule has 0 amide bonds. The number of piperidine rings is 1. The molecule has 3 nitrogen and oxygen atoms in total. The molecule has 0 aromatic carbocycles. The van der Waals surface area contributed by atoms with Crippen LogP contribution in [0, 0.1) is 5.92 Å². The Morgan fingerprint density at radius 2 is 2.28 bits per heavy atom. The van der Waals surface area contributed by atoms with Gasteiger partial charge in [0.1, 0.15) is 0 Å². The molecule has 4 atom stereocenters. The van der Waals surface area contributed by atoms with Crippen molar-refractivity contribution in [2.75, 3.05) is 20.1 Å². The van der Waals surface area contributed by atoms with Gasteiger partial charge in [-0.15, -0.1) is 0 Å². The van der Waals surface area contributed by atoms with Crippen molar-refractivity contribution in [3.63, 3.8) is 0 Å². The number of quaternary nitrogens is 1. The highest BCUT2D eigenvalue weighted by molar-refractivity contribution is 5.16. The van der Waals surface area contributed by atoms with E-state index in [4.69, 9.17) is 0 Å². The third-order valence-corrected chi connectivity index (χ3v) is 5.66. The maximum atomic E-state index is 12.0. The number of pyridine rings is 1. The quantitative estimate of drug-likeness (QED) is 0.636. The SMILES string of the molecule is C[N+]12CCC[C@H]1[C@H]1C[C@@H](C2)c2cccc(=O)n2C1. The summed E-state index contributed by atoms with van der Waals surface area (Å²) in [5.74, 6) is 1.33. The topological polar surface area (TPSA) is 22.0 Å². The summed E-state index contributed by atoms with van der Waals surface area (Å²) in [6.45, 7) is 3.55. The molecule has 0 radical (unpaired) electrons. The van der Waals surface area contributed by atoms with Crippen LogP contribution in [0.2, 0.25) is 0 Å². The van der Waals surface area contributed by atoms with Gasteiger partial charge in [0, 0.05) is 43.0 Å². The summed E-state index contributed by atoms with van der Waals surface area (Å²) in [4.78, 5) is 12.0. The lowest BCUT2D eigenvalue weighted by atomic mass is 9.77. The van der Waals surface area contributed by atoms with Gasteiger partial charge in [0.15, 0.2) is 0 Å². The van der Waals surface area contributed by atoms with Crippen molar-refractivity contribution in [1.82, 2.24) is 4.57 Å². The highest BCUT2D eigenvalue weighted by Crippen LogP contribution is 2.45. The van der Waals surface area contributed by atoms with Crippen molar-refractivity contribution in [2.45, 2.75) is 37.8 Å². The molecule has 0 spiro atoms. The highest BCUT2D eigenvalue weighted by atomic mass is 16.1. The molecular weight excluding hydrogens is 224 g/mol. The molecule has 3 heteroatoms. The Morgan fingerprint density at radius 3 is 3.17 bits per heavy atom. The van der Waals surface area contributed by atoms with Gasteiger partial charge in [-0.05, 0) is 12.5 Å². The molecule has 3 aliphatic heterocycles. The number of fused-ring (bicyclic) bond motifs is 6.